The summed E-state index contributed by atoms with van der Waals surface area (Å²) >= 11 is 0. The van der Waals surface area contributed by atoms with Crippen molar-refractivity contribution in [3.8, 4) is 11.4 Å². The number of benzene rings is 1. The van der Waals surface area contributed by atoms with Gasteiger partial charge in [-0.2, -0.15) is 0 Å². The molecule has 0 spiro atoms. The van der Waals surface area contributed by atoms with Gasteiger partial charge >= 0.3 is 0 Å². The summed E-state index contributed by atoms with van der Waals surface area (Å²) < 4.78 is 2.07. The lowest BCUT2D eigenvalue weighted by atomic mass is 10.1. The molecule has 0 atom stereocenters. The Balaban J connectivity index is 2.06. The van der Waals surface area contributed by atoms with E-state index in [-0.39, 0.29) is 0 Å². The molecular formula is C15H16N4. The van der Waals surface area contributed by atoms with Gasteiger partial charge in [-0.1, -0.05) is 24.3 Å². The first-order valence-electron chi connectivity index (χ1n) is 6.36. The lowest BCUT2D eigenvalue weighted by Crippen LogP contribution is -2.02. The molecule has 1 aromatic carbocycles. The van der Waals surface area contributed by atoms with Crippen molar-refractivity contribution in [2.75, 3.05) is 6.54 Å². The number of hydrogen-bond donors (Lipinski definition) is 1. The third-order valence-corrected chi connectivity index (χ3v) is 3.30. The van der Waals surface area contributed by atoms with Crippen molar-refractivity contribution >= 4 is 11.2 Å². The topological polar surface area (TPSA) is 56.7 Å². The Bertz CT molecular complexity index is 698. The number of hydrogen-bond acceptors (Lipinski definition) is 3. The van der Waals surface area contributed by atoms with Crippen molar-refractivity contribution in [2.45, 2.75) is 6.42 Å². The van der Waals surface area contributed by atoms with Crippen LogP contribution < -0.4 is 5.73 Å². The fourth-order valence-electron chi connectivity index (χ4n) is 2.27. The van der Waals surface area contributed by atoms with Crippen LogP contribution in [0, 0.1) is 0 Å². The molecule has 4 nitrogen and oxygen atoms in total. The van der Waals surface area contributed by atoms with Gasteiger partial charge in [0.15, 0.2) is 5.65 Å². The summed E-state index contributed by atoms with van der Waals surface area (Å²) in [5, 5.41) is 0. The van der Waals surface area contributed by atoms with Crippen molar-refractivity contribution in [2.24, 2.45) is 12.8 Å². The second-order valence-corrected chi connectivity index (χ2v) is 4.58. The highest BCUT2D eigenvalue weighted by atomic mass is 15.1. The Hall–Kier alpha value is -2.20. The van der Waals surface area contributed by atoms with E-state index >= 15 is 0 Å². The number of imidazole rings is 1. The Kier molecular flexibility index (Phi) is 3.01. The second-order valence-electron chi connectivity index (χ2n) is 4.58. The highest BCUT2D eigenvalue weighted by Crippen LogP contribution is 2.22. The maximum Gasteiger partial charge on any atom is 0.178 e. The van der Waals surface area contributed by atoms with Gasteiger partial charge in [-0.15, -0.1) is 0 Å². The van der Waals surface area contributed by atoms with Crippen LogP contribution >= 0.6 is 0 Å². The Morgan fingerprint density at radius 2 is 1.95 bits per heavy atom. The quantitative estimate of drug-likeness (QED) is 0.777. The molecule has 2 heterocycles. The molecule has 4 heteroatoms. The molecular weight excluding hydrogens is 236 g/mol. The summed E-state index contributed by atoms with van der Waals surface area (Å²) in [4.78, 5) is 8.87. The SMILES string of the molecule is Cn1c(-c2ccc(CCN)cc2)nc2ncccc21. The highest BCUT2D eigenvalue weighted by Gasteiger charge is 2.09. The summed E-state index contributed by atoms with van der Waals surface area (Å²) in [5.41, 5.74) is 9.74. The van der Waals surface area contributed by atoms with Crippen LogP contribution in [0.5, 0.6) is 0 Å². The molecule has 96 valence electrons. The monoisotopic (exact) mass is 252 g/mol. The number of rotatable bonds is 3. The minimum Gasteiger partial charge on any atom is -0.330 e. The predicted molar refractivity (Wildman–Crippen MR) is 76.7 cm³/mol. The Labute approximate surface area is 111 Å². The largest absolute Gasteiger partial charge is 0.330 e. The van der Waals surface area contributed by atoms with Crippen LogP contribution in [0.1, 0.15) is 5.56 Å². The van der Waals surface area contributed by atoms with E-state index in [1.54, 1.807) is 6.20 Å². The molecule has 3 rings (SSSR count). The molecule has 3 aromatic rings. The van der Waals surface area contributed by atoms with Gasteiger partial charge in [0, 0.05) is 18.8 Å². The number of aromatic nitrogens is 3. The lowest BCUT2D eigenvalue weighted by Gasteiger charge is -2.04. The molecule has 0 bridgehead atoms. The molecule has 0 aliphatic rings. The summed E-state index contributed by atoms with van der Waals surface area (Å²) in [6.07, 6.45) is 2.67. The van der Waals surface area contributed by atoms with E-state index in [9.17, 15) is 0 Å². The molecule has 19 heavy (non-hydrogen) atoms. The van der Waals surface area contributed by atoms with Gasteiger partial charge in [-0.3, -0.25) is 0 Å². The van der Waals surface area contributed by atoms with Gasteiger partial charge in [0.05, 0.1) is 5.52 Å². The highest BCUT2D eigenvalue weighted by molar-refractivity contribution is 5.76. The van der Waals surface area contributed by atoms with Crippen LogP contribution in [0.2, 0.25) is 0 Å². The molecule has 0 saturated heterocycles. The van der Waals surface area contributed by atoms with E-state index in [0.29, 0.717) is 6.54 Å². The van der Waals surface area contributed by atoms with Crippen LogP contribution in [0.3, 0.4) is 0 Å². The molecule has 0 aliphatic carbocycles. The molecule has 0 saturated carbocycles. The van der Waals surface area contributed by atoms with Crippen LogP contribution in [0.4, 0.5) is 0 Å². The Morgan fingerprint density at radius 3 is 2.63 bits per heavy atom. The van der Waals surface area contributed by atoms with Crippen molar-refractivity contribution < 1.29 is 0 Å². The van der Waals surface area contributed by atoms with E-state index in [2.05, 4.69) is 38.8 Å². The number of fused-ring (bicyclic) bond motifs is 1. The molecule has 2 N–H and O–H groups in total. The maximum absolute atomic E-state index is 5.56. The van der Waals surface area contributed by atoms with E-state index in [1.165, 1.54) is 5.56 Å². The molecule has 0 amide bonds. The predicted octanol–water partition coefficient (Wildman–Crippen LogP) is 2.14. The number of nitrogens with zero attached hydrogens (tertiary/aromatic N) is 3. The van der Waals surface area contributed by atoms with E-state index in [1.807, 2.05) is 19.2 Å². The maximum atomic E-state index is 5.56. The van der Waals surface area contributed by atoms with E-state index < -0.39 is 0 Å². The molecule has 0 unspecified atom stereocenters. The second kappa shape index (κ2) is 4.82. The zero-order valence-electron chi connectivity index (χ0n) is 10.9. The molecule has 0 fully saturated rings. The average Bonchev–Trinajstić information content (AvgIpc) is 2.78. The third kappa shape index (κ3) is 2.11. The van der Waals surface area contributed by atoms with Crippen LogP contribution in [-0.2, 0) is 13.5 Å². The van der Waals surface area contributed by atoms with Crippen LogP contribution in [-0.4, -0.2) is 21.1 Å². The molecule has 0 radical (unpaired) electrons. The summed E-state index contributed by atoms with van der Waals surface area (Å²) in [6.45, 7) is 0.676. The first-order valence-corrected chi connectivity index (χ1v) is 6.36. The van der Waals surface area contributed by atoms with Gasteiger partial charge < -0.3 is 10.3 Å². The van der Waals surface area contributed by atoms with Crippen molar-refractivity contribution in [3.63, 3.8) is 0 Å². The zero-order chi connectivity index (χ0) is 13.2. The van der Waals surface area contributed by atoms with Crippen LogP contribution in [0.15, 0.2) is 42.6 Å². The van der Waals surface area contributed by atoms with Gasteiger partial charge in [0.25, 0.3) is 0 Å². The molecule has 0 aliphatic heterocycles. The summed E-state index contributed by atoms with van der Waals surface area (Å²) in [5.74, 6) is 0.938. The Morgan fingerprint density at radius 1 is 1.16 bits per heavy atom. The van der Waals surface area contributed by atoms with Gasteiger partial charge in [0.1, 0.15) is 5.82 Å². The number of aryl methyl sites for hydroxylation is 1. The smallest absolute Gasteiger partial charge is 0.178 e. The number of nitrogens with two attached hydrogens (primary N) is 1. The molecule has 2 aromatic heterocycles. The van der Waals surface area contributed by atoms with Crippen molar-refractivity contribution in [1.82, 2.24) is 14.5 Å². The normalized spacial score (nSPS) is 11.1. The standard InChI is InChI=1S/C15H16N4/c1-19-13-3-2-10-17-14(13)18-15(19)12-6-4-11(5-7-12)8-9-16/h2-7,10H,8-9,16H2,1H3. The minimum absolute atomic E-state index is 0.676. The lowest BCUT2D eigenvalue weighted by molar-refractivity contribution is 0.954. The summed E-state index contributed by atoms with van der Waals surface area (Å²) in [7, 11) is 2.01. The van der Waals surface area contributed by atoms with E-state index in [4.69, 9.17) is 5.73 Å². The van der Waals surface area contributed by atoms with Gasteiger partial charge in [0.2, 0.25) is 0 Å². The first kappa shape index (κ1) is 11.9. The zero-order valence-corrected chi connectivity index (χ0v) is 10.9. The average molecular weight is 252 g/mol. The minimum atomic E-state index is 0.676. The van der Waals surface area contributed by atoms with Gasteiger partial charge in [-0.25, -0.2) is 9.97 Å². The first-order chi connectivity index (χ1) is 9.29. The number of pyridine rings is 1. The fourth-order valence-corrected chi connectivity index (χ4v) is 2.27. The summed E-state index contributed by atoms with van der Waals surface area (Å²) in [6, 6.07) is 12.3. The third-order valence-electron chi connectivity index (χ3n) is 3.30. The van der Waals surface area contributed by atoms with Crippen LogP contribution in [0.25, 0.3) is 22.6 Å². The fraction of sp³-hybridized carbons (Fsp3) is 0.200. The van der Waals surface area contributed by atoms with Gasteiger partial charge in [-0.05, 0) is 30.7 Å². The van der Waals surface area contributed by atoms with Crippen molar-refractivity contribution in [3.05, 3.63) is 48.2 Å². The van der Waals surface area contributed by atoms with E-state index in [0.717, 1.165) is 29.0 Å². The van der Waals surface area contributed by atoms with Crippen molar-refractivity contribution in [1.29, 1.82) is 0 Å².